The molecule has 3 rings (SSSR count). The maximum atomic E-state index is 12.2. The lowest BCUT2D eigenvalue weighted by Crippen LogP contribution is -2.09. The van der Waals surface area contributed by atoms with Crippen LogP contribution in [0.15, 0.2) is 66.7 Å². The standard InChI is InChI=1S/C20H11ClN2O4/c21-18-10-7-16(11-19(18)23(25)26)20(24)27-17-8-5-15(6-9-17)14-3-1-13(12-22)2-4-14/h1-11H. The van der Waals surface area contributed by atoms with Crippen LogP contribution >= 0.6 is 11.6 Å². The van der Waals surface area contributed by atoms with Crippen molar-refractivity contribution >= 4 is 23.3 Å². The van der Waals surface area contributed by atoms with Crippen molar-refractivity contribution in [3.63, 3.8) is 0 Å². The molecule has 0 spiro atoms. The van der Waals surface area contributed by atoms with Gasteiger partial charge in [0.05, 0.1) is 22.1 Å². The lowest BCUT2D eigenvalue weighted by atomic mass is 10.0. The first-order chi connectivity index (χ1) is 13.0. The maximum Gasteiger partial charge on any atom is 0.343 e. The van der Waals surface area contributed by atoms with Gasteiger partial charge in [-0.15, -0.1) is 0 Å². The largest absolute Gasteiger partial charge is 0.423 e. The van der Waals surface area contributed by atoms with Gasteiger partial charge in [-0.1, -0.05) is 35.9 Å². The van der Waals surface area contributed by atoms with Crippen molar-refractivity contribution in [1.29, 1.82) is 5.26 Å². The quantitative estimate of drug-likeness (QED) is 0.275. The molecule has 3 aromatic carbocycles. The zero-order chi connectivity index (χ0) is 19.4. The SMILES string of the molecule is N#Cc1ccc(-c2ccc(OC(=O)c3ccc(Cl)c([N+](=O)[O-])c3)cc2)cc1. The van der Waals surface area contributed by atoms with Crippen molar-refractivity contribution in [3.05, 3.63) is 93.0 Å². The molecule has 0 aliphatic heterocycles. The summed E-state index contributed by atoms with van der Waals surface area (Å²) in [6.07, 6.45) is 0. The van der Waals surface area contributed by atoms with Gasteiger partial charge in [0.1, 0.15) is 10.8 Å². The molecule has 0 bridgehead atoms. The van der Waals surface area contributed by atoms with E-state index < -0.39 is 10.9 Å². The monoisotopic (exact) mass is 378 g/mol. The third-order valence-electron chi connectivity index (χ3n) is 3.79. The third kappa shape index (κ3) is 4.11. The number of carbonyl (C=O) groups is 1. The molecule has 0 aliphatic rings. The van der Waals surface area contributed by atoms with Crippen LogP contribution < -0.4 is 4.74 Å². The highest BCUT2D eigenvalue weighted by Gasteiger charge is 2.17. The summed E-state index contributed by atoms with van der Waals surface area (Å²) in [7, 11) is 0. The molecule has 0 saturated heterocycles. The van der Waals surface area contributed by atoms with E-state index in [0.29, 0.717) is 11.3 Å². The molecule has 0 aromatic heterocycles. The molecule has 6 nitrogen and oxygen atoms in total. The summed E-state index contributed by atoms with van der Waals surface area (Å²) in [4.78, 5) is 22.5. The summed E-state index contributed by atoms with van der Waals surface area (Å²) in [6.45, 7) is 0. The molecular weight excluding hydrogens is 368 g/mol. The van der Waals surface area contributed by atoms with Gasteiger partial charge in [-0.2, -0.15) is 5.26 Å². The van der Waals surface area contributed by atoms with Crippen molar-refractivity contribution in [2.75, 3.05) is 0 Å². The van der Waals surface area contributed by atoms with E-state index in [1.807, 2.05) is 12.1 Å². The van der Waals surface area contributed by atoms with Gasteiger partial charge in [-0.3, -0.25) is 10.1 Å². The molecule has 3 aromatic rings. The Kier molecular flexibility index (Phi) is 5.15. The normalized spacial score (nSPS) is 10.1. The summed E-state index contributed by atoms with van der Waals surface area (Å²) in [5.74, 6) is -0.420. The Morgan fingerprint density at radius 3 is 2.15 bits per heavy atom. The van der Waals surface area contributed by atoms with Gasteiger partial charge in [-0.25, -0.2) is 4.79 Å². The van der Waals surface area contributed by atoms with Gasteiger partial charge in [0.25, 0.3) is 5.69 Å². The summed E-state index contributed by atoms with van der Waals surface area (Å²) in [5, 5.41) is 19.7. The van der Waals surface area contributed by atoms with Crippen molar-refractivity contribution in [1.82, 2.24) is 0 Å². The number of halogens is 1. The highest BCUT2D eigenvalue weighted by atomic mass is 35.5. The number of nitrogens with zero attached hydrogens (tertiary/aromatic N) is 2. The van der Waals surface area contributed by atoms with Crippen molar-refractivity contribution in [3.8, 4) is 22.9 Å². The fourth-order valence-corrected chi connectivity index (χ4v) is 2.58. The second-order valence-electron chi connectivity index (χ2n) is 5.53. The molecule has 7 heteroatoms. The number of nitro benzene ring substituents is 1. The van der Waals surface area contributed by atoms with Crippen molar-refractivity contribution in [2.45, 2.75) is 0 Å². The number of ether oxygens (including phenoxy) is 1. The molecule has 0 aliphatic carbocycles. The van der Waals surface area contributed by atoms with Crippen LogP contribution in [-0.4, -0.2) is 10.9 Å². The molecule has 0 heterocycles. The predicted octanol–water partition coefficient (Wildman–Crippen LogP) is 5.01. The summed E-state index contributed by atoms with van der Waals surface area (Å²) < 4.78 is 5.25. The van der Waals surface area contributed by atoms with Gasteiger partial charge >= 0.3 is 5.97 Å². The topological polar surface area (TPSA) is 93.2 Å². The van der Waals surface area contributed by atoms with Crippen LogP contribution in [0.2, 0.25) is 5.02 Å². The summed E-state index contributed by atoms with van der Waals surface area (Å²) in [6, 6.07) is 19.7. The zero-order valence-electron chi connectivity index (χ0n) is 13.8. The number of carbonyl (C=O) groups excluding carboxylic acids is 1. The second-order valence-corrected chi connectivity index (χ2v) is 5.93. The Morgan fingerprint density at radius 2 is 1.59 bits per heavy atom. The summed E-state index contributed by atoms with van der Waals surface area (Å²) in [5.41, 5.74) is 2.05. The lowest BCUT2D eigenvalue weighted by Gasteiger charge is -2.07. The minimum atomic E-state index is -0.721. The van der Waals surface area contributed by atoms with E-state index in [4.69, 9.17) is 21.6 Å². The molecular formula is C20H11ClN2O4. The Balaban J connectivity index is 1.76. The van der Waals surface area contributed by atoms with E-state index in [2.05, 4.69) is 6.07 Å². The van der Waals surface area contributed by atoms with Gasteiger partial charge in [0, 0.05) is 6.07 Å². The predicted molar refractivity (Wildman–Crippen MR) is 99.7 cm³/mol. The van der Waals surface area contributed by atoms with Gasteiger partial charge in [-0.05, 0) is 47.5 Å². The van der Waals surface area contributed by atoms with Crippen LogP contribution in [0, 0.1) is 21.4 Å². The van der Waals surface area contributed by atoms with Gasteiger partial charge in [0.2, 0.25) is 0 Å². The molecule has 0 fully saturated rings. The minimum absolute atomic E-state index is 0.0299. The van der Waals surface area contributed by atoms with Crippen molar-refractivity contribution in [2.24, 2.45) is 0 Å². The molecule has 0 amide bonds. The van der Waals surface area contributed by atoms with Crippen LogP contribution in [0.4, 0.5) is 5.69 Å². The van der Waals surface area contributed by atoms with Gasteiger partial charge in [0.15, 0.2) is 0 Å². The minimum Gasteiger partial charge on any atom is -0.423 e. The first-order valence-electron chi connectivity index (χ1n) is 7.74. The fourth-order valence-electron chi connectivity index (χ4n) is 2.40. The van der Waals surface area contributed by atoms with Crippen LogP contribution in [0.25, 0.3) is 11.1 Å². The van der Waals surface area contributed by atoms with Crippen LogP contribution in [0.3, 0.4) is 0 Å². The summed E-state index contributed by atoms with van der Waals surface area (Å²) >= 11 is 5.74. The first-order valence-corrected chi connectivity index (χ1v) is 8.12. The lowest BCUT2D eigenvalue weighted by molar-refractivity contribution is -0.384. The number of benzene rings is 3. The van der Waals surface area contributed by atoms with E-state index >= 15 is 0 Å². The fraction of sp³-hybridized carbons (Fsp3) is 0. The smallest absolute Gasteiger partial charge is 0.343 e. The molecule has 0 radical (unpaired) electrons. The highest BCUT2D eigenvalue weighted by Crippen LogP contribution is 2.27. The van der Waals surface area contributed by atoms with Crippen LogP contribution in [0.5, 0.6) is 5.75 Å². The Morgan fingerprint density at radius 1 is 1.00 bits per heavy atom. The Bertz CT molecular complexity index is 1050. The van der Waals surface area contributed by atoms with Gasteiger partial charge < -0.3 is 4.74 Å². The molecule has 0 N–H and O–H groups in total. The number of nitriles is 1. The van der Waals surface area contributed by atoms with Crippen molar-refractivity contribution < 1.29 is 14.5 Å². The average Bonchev–Trinajstić information content (AvgIpc) is 2.68. The molecule has 27 heavy (non-hydrogen) atoms. The first kappa shape index (κ1) is 18.1. The molecule has 0 saturated carbocycles. The Labute approximate surface area is 159 Å². The molecule has 0 unspecified atom stereocenters. The van der Waals surface area contributed by atoms with Crippen LogP contribution in [0.1, 0.15) is 15.9 Å². The molecule has 0 atom stereocenters. The van der Waals surface area contributed by atoms with E-state index in [1.165, 1.54) is 12.1 Å². The van der Waals surface area contributed by atoms with E-state index in [9.17, 15) is 14.9 Å². The number of hydrogen-bond donors (Lipinski definition) is 0. The Hall–Kier alpha value is -3.69. The number of hydrogen-bond acceptors (Lipinski definition) is 5. The number of rotatable bonds is 4. The highest BCUT2D eigenvalue weighted by molar-refractivity contribution is 6.32. The zero-order valence-corrected chi connectivity index (χ0v) is 14.5. The van der Waals surface area contributed by atoms with E-state index in [1.54, 1.807) is 36.4 Å². The van der Waals surface area contributed by atoms with Crippen LogP contribution in [-0.2, 0) is 0 Å². The maximum absolute atomic E-state index is 12.2. The third-order valence-corrected chi connectivity index (χ3v) is 4.11. The van der Waals surface area contributed by atoms with E-state index in [-0.39, 0.29) is 16.3 Å². The molecule has 132 valence electrons. The second kappa shape index (κ2) is 7.68. The number of nitro groups is 1. The van der Waals surface area contributed by atoms with E-state index in [0.717, 1.165) is 17.2 Å². The average molecular weight is 379 g/mol. The number of esters is 1.